The fourth-order valence-corrected chi connectivity index (χ4v) is 4.84. The second-order valence-electron chi connectivity index (χ2n) is 8.80. The third-order valence-corrected chi connectivity index (χ3v) is 6.56. The van der Waals surface area contributed by atoms with Crippen LogP contribution in [0.25, 0.3) is 0 Å². The highest BCUT2D eigenvalue weighted by atomic mass is 16.6. The molecule has 0 saturated carbocycles. The molecule has 2 aliphatic heterocycles. The van der Waals surface area contributed by atoms with Crippen molar-refractivity contribution in [2.45, 2.75) is 52.3 Å². The van der Waals surface area contributed by atoms with E-state index < -0.39 is 18.1 Å². The van der Waals surface area contributed by atoms with E-state index in [1.165, 1.54) is 11.8 Å². The Hall–Kier alpha value is -3.62. The number of Topliss-reactive ketones (excluding diaryl/α,β-unsaturated/α-hetero) is 1. The highest BCUT2D eigenvalue weighted by molar-refractivity contribution is 6.02. The van der Waals surface area contributed by atoms with Crippen LogP contribution in [-0.2, 0) is 20.9 Å². The molecule has 4 rings (SSSR count). The van der Waals surface area contributed by atoms with Gasteiger partial charge in [-0.2, -0.15) is 0 Å². The number of piperidine rings is 1. The van der Waals surface area contributed by atoms with Crippen molar-refractivity contribution < 1.29 is 28.7 Å². The van der Waals surface area contributed by atoms with E-state index in [1.807, 2.05) is 30.3 Å². The van der Waals surface area contributed by atoms with Gasteiger partial charge in [-0.15, -0.1) is 0 Å². The molecule has 1 N–H and O–H groups in total. The summed E-state index contributed by atoms with van der Waals surface area (Å²) in [7, 11) is 0. The summed E-state index contributed by atoms with van der Waals surface area (Å²) in [5, 5.41) is 0. The summed E-state index contributed by atoms with van der Waals surface area (Å²) in [6.45, 7) is 5.97. The lowest BCUT2D eigenvalue weighted by molar-refractivity contribution is -0.150. The van der Waals surface area contributed by atoms with Crippen molar-refractivity contribution in [3.05, 3.63) is 58.4 Å². The highest BCUT2D eigenvalue weighted by Crippen LogP contribution is 2.27. The Morgan fingerprint density at radius 2 is 1.79 bits per heavy atom. The Morgan fingerprint density at radius 3 is 2.41 bits per heavy atom. The molecule has 1 atom stereocenters. The van der Waals surface area contributed by atoms with E-state index >= 15 is 0 Å². The molecule has 3 heterocycles. The van der Waals surface area contributed by atoms with Gasteiger partial charge in [0.05, 0.1) is 0 Å². The van der Waals surface area contributed by atoms with Crippen LogP contribution in [0.3, 0.4) is 0 Å². The zero-order valence-corrected chi connectivity index (χ0v) is 19.6. The van der Waals surface area contributed by atoms with Gasteiger partial charge in [-0.05, 0) is 44.7 Å². The molecule has 2 saturated heterocycles. The molecule has 9 nitrogen and oxygen atoms in total. The number of aryl methyl sites for hydroxylation is 1. The zero-order chi connectivity index (χ0) is 24.4. The van der Waals surface area contributed by atoms with Crippen LogP contribution in [-0.4, -0.2) is 70.3 Å². The first kappa shape index (κ1) is 23.5. The topological polar surface area (TPSA) is 109 Å². The van der Waals surface area contributed by atoms with E-state index in [1.54, 1.807) is 18.7 Å². The van der Waals surface area contributed by atoms with E-state index in [2.05, 4.69) is 4.98 Å². The number of carbonyl (C=O) groups excluding carboxylic acids is 4. The number of hydrogen-bond donors (Lipinski definition) is 1. The van der Waals surface area contributed by atoms with Crippen LogP contribution in [0.1, 0.15) is 57.4 Å². The number of cyclic esters (lactones) is 1. The van der Waals surface area contributed by atoms with Crippen molar-refractivity contribution in [3.63, 3.8) is 0 Å². The number of benzene rings is 1. The second kappa shape index (κ2) is 9.70. The predicted octanol–water partition coefficient (Wildman–Crippen LogP) is 3.00. The second-order valence-corrected chi connectivity index (χ2v) is 8.80. The molecule has 34 heavy (non-hydrogen) atoms. The lowest BCUT2D eigenvalue weighted by Crippen LogP contribution is -2.52. The lowest BCUT2D eigenvalue weighted by atomic mass is 10.0. The molecule has 0 bridgehead atoms. The van der Waals surface area contributed by atoms with Crippen LogP contribution >= 0.6 is 0 Å². The maximum atomic E-state index is 13.1. The molecule has 2 amide bonds. The SMILES string of the molecule is CC(=O)c1c(C)[nH]c(C(=O)N2CCC(N3C(=O)OCC3C(=O)OCc3ccccc3)CC2)c1C. The molecule has 0 radical (unpaired) electrons. The Kier molecular flexibility index (Phi) is 6.72. The number of ketones is 1. The van der Waals surface area contributed by atoms with Crippen LogP contribution < -0.4 is 0 Å². The number of nitrogens with one attached hydrogen (secondary N) is 1. The van der Waals surface area contributed by atoms with Gasteiger partial charge in [0, 0.05) is 30.4 Å². The number of amides is 2. The van der Waals surface area contributed by atoms with Crippen LogP contribution in [0.4, 0.5) is 4.79 Å². The summed E-state index contributed by atoms with van der Waals surface area (Å²) in [4.78, 5) is 56.4. The van der Waals surface area contributed by atoms with Crippen LogP contribution in [0.2, 0.25) is 0 Å². The average Bonchev–Trinajstić information content (AvgIpc) is 3.36. The first-order valence-corrected chi connectivity index (χ1v) is 11.4. The third-order valence-electron chi connectivity index (χ3n) is 6.56. The van der Waals surface area contributed by atoms with E-state index in [0.29, 0.717) is 48.4 Å². The van der Waals surface area contributed by atoms with Crippen molar-refractivity contribution >= 4 is 23.8 Å². The van der Waals surface area contributed by atoms with E-state index in [-0.39, 0.29) is 30.9 Å². The normalized spacial score (nSPS) is 18.7. The van der Waals surface area contributed by atoms with Crippen LogP contribution in [0, 0.1) is 13.8 Å². The number of esters is 1. The fourth-order valence-electron chi connectivity index (χ4n) is 4.84. The number of rotatable bonds is 6. The van der Waals surface area contributed by atoms with Crippen molar-refractivity contribution in [1.29, 1.82) is 0 Å². The first-order valence-electron chi connectivity index (χ1n) is 11.4. The quantitative estimate of drug-likeness (QED) is 0.517. The summed E-state index contributed by atoms with van der Waals surface area (Å²) >= 11 is 0. The number of ether oxygens (including phenoxy) is 2. The summed E-state index contributed by atoms with van der Waals surface area (Å²) in [5.74, 6) is -0.751. The van der Waals surface area contributed by atoms with Gasteiger partial charge in [0.15, 0.2) is 11.8 Å². The van der Waals surface area contributed by atoms with Crippen molar-refractivity contribution in [1.82, 2.24) is 14.8 Å². The summed E-state index contributed by atoms with van der Waals surface area (Å²) < 4.78 is 10.6. The Labute approximate surface area is 198 Å². The minimum atomic E-state index is -0.796. The van der Waals surface area contributed by atoms with Gasteiger partial charge >= 0.3 is 12.1 Å². The fraction of sp³-hybridized carbons (Fsp3) is 0.440. The van der Waals surface area contributed by atoms with Gasteiger partial charge in [0.2, 0.25) is 0 Å². The number of H-pyrrole nitrogens is 1. The van der Waals surface area contributed by atoms with Crippen molar-refractivity contribution in [2.24, 2.45) is 0 Å². The average molecular weight is 468 g/mol. The molecule has 2 fully saturated rings. The standard InChI is InChI=1S/C25H29N3O6/c1-15-21(17(3)29)16(2)26-22(15)23(30)27-11-9-19(10-12-27)28-20(14-34-25(28)32)24(31)33-13-18-7-5-4-6-8-18/h4-8,19-20,26H,9-14H2,1-3H3. The monoisotopic (exact) mass is 467 g/mol. The summed E-state index contributed by atoms with van der Waals surface area (Å²) in [6.07, 6.45) is 0.497. The molecular formula is C25H29N3O6. The molecule has 0 spiro atoms. The number of carbonyl (C=O) groups is 4. The molecule has 9 heteroatoms. The molecule has 2 aliphatic rings. The smallest absolute Gasteiger partial charge is 0.410 e. The van der Waals surface area contributed by atoms with Gasteiger partial charge in [-0.3, -0.25) is 14.5 Å². The zero-order valence-electron chi connectivity index (χ0n) is 19.6. The number of hydrogen-bond acceptors (Lipinski definition) is 6. The molecule has 1 aromatic carbocycles. The minimum absolute atomic E-state index is 0.0413. The van der Waals surface area contributed by atoms with Crippen molar-refractivity contribution in [3.8, 4) is 0 Å². The largest absolute Gasteiger partial charge is 0.459 e. The summed E-state index contributed by atoms with van der Waals surface area (Å²) in [5.41, 5.74) is 3.17. The van der Waals surface area contributed by atoms with Crippen LogP contribution in [0.5, 0.6) is 0 Å². The first-order chi connectivity index (χ1) is 16.3. The van der Waals surface area contributed by atoms with Gasteiger partial charge in [0.25, 0.3) is 5.91 Å². The lowest BCUT2D eigenvalue weighted by Gasteiger charge is -2.37. The molecule has 180 valence electrons. The predicted molar refractivity (Wildman–Crippen MR) is 122 cm³/mol. The number of likely N-dealkylation sites (tertiary alicyclic amines) is 1. The van der Waals surface area contributed by atoms with Gasteiger partial charge in [-0.1, -0.05) is 30.3 Å². The summed E-state index contributed by atoms with van der Waals surface area (Å²) in [6, 6.07) is 8.31. The van der Waals surface area contributed by atoms with Gasteiger partial charge in [-0.25, -0.2) is 9.59 Å². The van der Waals surface area contributed by atoms with E-state index in [4.69, 9.17) is 9.47 Å². The maximum absolute atomic E-state index is 13.1. The van der Waals surface area contributed by atoms with E-state index in [9.17, 15) is 19.2 Å². The van der Waals surface area contributed by atoms with Gasteiger partial charge < -0.3 is 19.4 Å². The van der Waals surface area contributed by atoms with Gasteiger partial charge in [0.1, 0.15) is 18.9 Å². The number of nitrogens with zero attached hydrogens (tertiary/aromatic N) is 2. The Bertz CT molecular complexity index is 1100. The third kappa shape index (κ3) is 4.55. The maximum Gasteiger partial charge on any atom is 0.410 e. The molecular weight excluding hydrogens is 438 g/mol. The van der Waals surface area contributed by atoms with Crippen LogP contribution in [0.15, 0.2) is 30.3 Å². The van der Waals surface area contributed by atoms with E-state index in [0.717, 1.165) is 5.56 Å². The molecule has 2 aromatic rings. The molecule has 1 aromatic heterocycles. The number of aromatic nitrogens is 1. The highest BCUT2D eigenvalue weighted by Gasteiger charge is 2.44. The molecule has 0 aliphatic carbocycles. The minimum Gasteiger partial charge on any atom is -0.459 e. The number of aromatic amines is 1. The Morgan fingerprint density at radius 1 is 1.12 bits per heavy atom. The molecule has 1 unspecified atom stereocenters. The van der Waals surface area contributed by atoms with Crippen molar-refractivity contribution in [2.75, 3.05) is 19.7 Å². The Balaban J connectivity index is 1.38.